The second-order valence-corrected chi connectivity index (χ2v) is 5.16. The highest BCUT2D eigenvalue weighted by atomic mass is 79.9. The molecule has 1 rings (SSSR count). The zero-order chi connectivity index (χ0) is 15.7. The van der Waals surface area contributed by atoms with E-state index in [1.165, 1.54) is 18.2 Å². The molecule has 0 saturated carbocycles. The van der Waals surface area contributed by atoms with Crippen molar-refractivity contribution in [1.82, 2.24) is 4.90 Å². The van der Waals surface area contributed by atoms with Crippen LogP contribution in [0.25, 0.3) is 0 Å². The van der Waals surface area contributed by atoms with Gasteiger partial charge in [0.05, 0.1) is 18.8 Å². The number of amides is 1. The fourth-order valence-electron chi connectivity index (χ4n) is 1.78. The molecule has 0 radical (unpaired) electrons. The van der Waals surface area contributed by atoms with Crippen LogP contribution >= 0.6 is 15.9 Å². The summed E-state index contributed by atoms with van der Waals surface area (Å²) in [6, 6.07) is 4.08. The van der Waals surface area contributed by atoms with E-state index in [0.717, 1.165) is 0 Å². The standard InChI is InChI=1S/C15H21BrFNO3/c1-3-20-9-7-18(8-10-21-4-2)15(19)13-11-12(17)5-6-14(13)16/h5-6,11H,3-4,7-10H2,1-2H3. The van der Waals surface area contributed by atoms with Crippen molar-refractivity contribution in [3.63, 3.8) is 0 Å². The molecule has 6 heteroatoms. The summed E-state index contributed by atoms with van der Waals surface area (Å²) in [6.07, 6.45) is 0. The van der Waals surface area contributed by atoms with E-state index in [-0.39, 0.29) is 5.91 Å². The van der Waals surface area contributed by atoms with Crippen LogP contribution in [0.15, 0.2) is 22.7 Å². The van der Waals surface area contributed by atoms with Gasteiger partial charge in [0, 0.05) is 30.8 Å². The quantitative estimate of drug-likeness (QED) is 0.634. The molecule has 0 heterocycles. The Morgan fingerprint density at radius 3 is 2.29 bits per heavy atom. The molecule has 1 amide bonds. The summed E-state index contributed by atoms with van der Waals surface area (Å²) in [5.41, 5.74) is 0.308. The lowest BCUT2D eigenvalue weighted by molar-refractivity contribution is 0.0549. The van der Waals surface area contributed by atoms with E-state index < -0.39 is 5.82 Å². The maximum absolute atomic E-state index is 13.3. The molecule has 21 heavy (non-hydrogen) atoms. The second-order valence-electron chi connectivity index (χ2n) is 4.31. The minimum Gasteiger partial charge on any atom is -0.380 e. The van der Waals surface area contributed by atoms with Crippen molar-refractivity contribution in [2.45, 2.75) is 13.8 Å². The molecular weight excluding hydrogens is 341 g/mol. The van der Waals surface area contributed by atoms with Crippen LogP contribution in [-0.4, -0.2) is 50.3 Å². The maximum atomic E-state index is 13.3. The van der Waals surface area contributed by atoms with Crippen molar-refractivity contribution >= 4 is 21.8 Å². The molecular formula is C15H21BrFNO3. The maximum Gasteiger partial charge on any atom is 0.255 e. The van der Waals surface area contributed by atoms with E-state index in [0.29, 0.717) is 49.6 Å². The molecule has 0 bridgehead atoms. The highest BCUT2D eigenvalue weighted by molar-refractivity contribution is 9.10. The lowest BCUT2D eigenvalue weighted by atomic mass is 10.2. The van der Waals surface area contributed by atoms with Crippen LogP contribution in [0.5, 0.6) is 0 Å². The summed E-state index contributed by atoms with van der Waals surface area (Å²) < 4.78 is 24.5. The van der Waals surface area contributed by atoms with Crippen molar-refractivity contribution in [2.24, 2.45) is 0 Å². The lowest BCUT2D eigenvalue weighted by Gasteiger charge is -2.23. The van der Waals surface area contributed by atoms with Crippen LogP contribution in [0.3, 0.4) is 0 Å². The first-order valence-electron chi connectivity index (χ1n) is 7.00. The van der Waals surface area contributed by atoms with E-state index in [1.807, 2.05) is 13.8 Å². The Hall–Kier alpha value is -0.980. The number of ether oxygens (including phenoxy) is 2. The first kappa shape index (κ1) is 18.1. The Morgan fingerprint density at radius 1 is 1.19 bits per heavy atom. The van der Waals surface area contributed by atoms with Gasteiger partial charge in [0.25, 0.3) is 5.91 Å². The molecule has 0 aromatic heterocycles. The SMILES string of the molecule is CCOCCN(CCOCC)C(=O)c1cc(F)ccc1Br. The predicted molar refractivity (Wildman–Crippen MR) is 83.0 cm³/mol. The van der Waals surface area contributed by atoms with E-state index in [9.17, 15) is 9.18 Å². The van der Waals surface area contributed by atoms with Crippen LogP contribution in [0.4, 0.5) is 4.39 Å². The fraction of sp³-hybridized carbons (Fsp3) is 0.533. The van der Waals surface area contributed by atoms with Gasteiger partial charge < -0.3 is 14.4 Å². The summed E-state index contributed by atoms with van der Waals surface area (Å²) >= 11 is 3.29. The zero-order valence-corrected chi connectivity index (χ0v) is 14.0. The smallest absolute Gasteiger partial charge is 0.255 e. The summed E-state index contributed by atoms with van der Waals surface area (Å²) in [4.78, 5) is 14.1. The third kappa shape index (κ3) is 6.11. The zero-order valence-electron chi connectivity index (χ0n) is 12.4. The van der Waals surface area contributed by atoms with Gasteiger partial charge in [0.2, 0.25) is 0 Å². The fourth-order valence-corrected chi connectivity index (χ4v) is 2.20. The summed E-state index contributed by atoms with van der Waals surface area (Å²) in [5.74, 6) is -0.670. The van der Waals surface area contributed by atoms with Crippen molar-refractivity contribution in [3.05, 3.63) is 34.1 Å². The van der Waals surface area contributed by atoms with Gasteiger partial charge in [-0.15, -0.1) is 0 Å². The Bertz CT molecular complexity index is 447. The van der Waals surface area contributed by atoms with Crippen LogP contribution in [0.1, 0.15) is 24.2 Å². The van der Waals surface area contributed by atoms with Crippen molar-refractivity contribution < 1.29 is 18.7 Å². The molecule has 1 aromatic carbocycles. The van der Waals surface area contributed by atoms with Gasteiger partial charge in [-0.3, -0.25) is 4.79 Å². The number of hydrogen-bond acceptors (Lipinski definition) is 3. The van der Waals surface area contributed by atoms with Crippen LogP contribution in [0, 0.1) is 5.82 Å². The largest absolute Gasteiger partial charge is 0.380 e. The van der Waals surface area contributed by atoms with Gasteiger partial charge >= 0.3 is 0 Å². The van der Waals surface area contributed by atoms with Crippen LogP contribution in [0.2, 0.25) is 0 Å². The third-order valence-electron chi connectivity index (χ3n) is 2.87. The van der Waals surface area contributed by atoms with Gasteiger partial charge in [-0.1, -0.05) is 0 Å². The van der Waals surface area contributed by atoms with E-state index in [4.69, 9.17) is 9.47 Å². The third-order valence-corrected chi connectivity index (χ3v) is 3.56. The van der Waals surface area contributed by atoms with Gasteiger partial charge in [-0.25, -0.2) is 4.39 Å². The van der Waals surface area contributed by atoms with E-state index in [2.05, 4.69) is 15.9 Å². The second kappa shape index (κ2) is 9.87. The number of hydrogen-bond donors (Lipinski definition) is 0. The van der Waals surface area contributed by atoms with Gasteiger partial charge in [-0.2, -0.15) is 0 Å². The molecule has 118 valence electrons. The predicted octanol–water partition coefficient (Wildman–Crippen LogP) is 3.10. The average Bonchev–Trinajstić information content (AvgIpc) is 2.48. The number of carbonyl (C=O) groups is 1. The minimum absolute atomic E-state index is 0.235. The topological polar surface area (TPSA) is 38.8 Å². The summed E-state index contributed by atoms with van der Waals surface area (Å²) in [7, 11) is 0. The molecule has 0 aliphatic rings. The Morgan fingerprint density at radius 2 is 1.76 bits per heavy atom. The molecule has 0 aliphatic carbocycles. The highest BCUT2D eigenvalue weighted by Gasteiger charge is 2.18. The molecule has 4 nitrogen and oxygen atoms in total. The van der Waals surface area contributed by atoms with Crippen molar-refractivity contribution in [1.29, 1.82) is 0 Å². The molecule has 0 atom stereocenters. The summed E-state index contributed by atoms with van der Waals surface area (Å²) in [6.45, 7) is 6.77. The van der Waals surface area contributed by atoms with E-state index in [1.54, 1.807) is 4.90 Å². The molecule has 1 aromatic rings. The number of benzene rings is 1. The summed E-state index contributed by atoms with van der Waals surface area (Å²) in [5, 5.41) is 0. The highest BCUT2D eigenvalue weighted by Crippen LogP contribution is 2.19. The molecule has 0 N–H and O–H groups in total. The van der Waals surface area contributed by atoms with Crippen LogP contribution < -0.4 is 0 Å². The van der Waals surface area contributed by atoms with Gasteiger partial charge in [-0.05, 0) is 48.0 Å². The minimum atomic E-state index is -0.434. The number of nitrogens with zero attached hydrogens (tertiary/aromatic N) is 1. The normalized spacial score (nSPS) is 10.7. The number of halogens is 2. The Balaban J connectivity index is 2.79. The van der Waals surface area contributed by atoms with Gasteiger partial charge in [0.15, 0.2) is 0 Å². The van der Waals surface area contributed by atoms with E-state index >= 15 is 0 Å². The Kier molecular flexibility index (Phi) is 8.49. The Labute approximate surface area is 133 Å². The van der Waals surface area contributed by atoms with Crippen molar-refractivity contribution in [3.8, 4) is 0 Å². The number of rotatable bonds is 9. The number of carbonyl (C=O) groups excluding carboxylic acids is 1. The van der Waals surface area contributed by atoms with Crippen LogP contribution in [-0.2, 0) is 9.47 Å². The first-order chi connectivity index (χ1) is 10.1. The van der Waals surface area contributed by atoms with Gasteiger partial charge in [0.1, 0.15) is 5.82 Å². The molecule has 0 aliphatic heterocycles. The average molecular weight is 362 g/mol. The lowest BCUT2D eigenvalue weighted by Crippen LogP contribution is -2.37. The molecule has 0 unspecified atom stereocenters. The molecule has 0 fully saturated rings. The van der Waals surface area contributed by atoms with Crippen molar-refractivity contribution in [2.75, 3.05) is 39.5 Å². The monoisotopic (exact) mass is 361 g/mol. The first-order valence-corrected chi connectivity index (χ1v) is 7.79. The molecule has 0 spiro atoms. The molecule has 0 saturated heterocycles.